The maximum Gasteiger partial charge on any atom is 0.408 e. The van der Waals surface area contributed by atoms with Crippen LogP contribution in [0, 0.1) is 11.8 Å². The third-order valence-corrected chi connectivity index (χ3v) is 9.35. The van der Waals surface area contributed by atoms with E-state index in [2.05, 4.69) is 17.6 Å². The smallest absolute Gasteiger partial charge is 0.408 e. The summed E-state index contributed by atoms with van der Waals surface area (Å²) in [5.74, 6) is -1.11. The second-order valence-electron chi connectivity index (χ2n) is 13.8. The molecule has 2 aliphatic carbocycles. The maximum absolute atomic E-state index is 13.9. The Bertz CT molecular complexity index is 973. The number of alkyl carbamates (subject to hydrolysis) is 1. The standard InChI is InChI=1S/C28H43F3N4O4/c1-16-14-27(9-10-27)34(15-16)24(37)22-8-6-20-13-18(32-19-11-17(12-19)28(29,30)31)5-7-21(23(36)35(20)22)33-25(38)39-26(2,3)4/h16-22,32H,5-15H2,1-4H3,(H,33,38)/t16-,17?,18+,19?,20-,21+,22+/m1/s1. The molecule has 3 saturated heterocycles. The minimum Gasteiger partial charge on any atom is -0.444 e. The van der Waals surface area contributed by atoms with E-state index < -0.39 is 35.9 Å². The van der Waals surface area contributed by atoms with E-state index in [4.69, 9.17) is 4.74 Å². The number of carbonyl (C=O) groups is 3. The molecule has 0 bridgehead atoms. The fourth-order valence-electron chi connectivity index (χ4n) is 7.35. The van der Waals surface area contributed by atoms with Crippen molar-refractivity contribution in [3.8, 4) is 0 Å². The molecule has 5 aliphatic rings. The molecule has 0 aromatic carbocycles. The summed E-state index contributed by atoms with van der Waals surface area (Å²) in [6.45, 7) is 8.10. The summed E-state index contributed by atoms with van der Waals surface area (Å²) in [5.41, 5.74) is -0.796. The van der Waals surface area contributed by atoms with Gasteiger partial charge in [0.25, 0.3) is 0 Å². The summed E-state index contributed by atoms with van der Waals surface area (Å²) < 4.78 is 44.6. The Labute approximate surface area is 228 Å². The number of nitrogens with zero attached hydrogens (tertiary/aromatic N) is 2. The van der Waals surface area contributed by atoms with Crippen LogP contribution in [-0.4, -0.2) is 81.8 Å². The summed E-state index contributed by atoms with van der Waals surface area (Å²) >= 11 is 0. The zero-order chi connectivity index (χ0) is 28.3. The fraction of sp³-hybridized carbons (Fsp3) is 0.893. The van der Waals surface area contributed by atoms with Crippen LogP contribution in [0.2, 0.25) is 0 Å². The SMILES string of the molecule is C[C@H]1CN(C(=O)[C@@H]2CC[C@@H]3C[C@@H](NC4CC(C(F)(F)F)C4)CC[C@H](NC(=O)OC(C)(C)C)C(=O)N32)C2(CC2)C1. The van der Waals surface area contributed by atoms with Gasteiger partial charge in [-0.15, -0.1) is 0 Å². The summed E-state index contributed by atoms with van der Waals surface area (Å²) in [7, 11) is 0. The van der Waals surface area contributed by atoms with Crippen molar-refractivity contribution in [3.05, 3.63) is 0 Å². The van der Waals surface area contributed by atoms with Gasteiger partial charge in [-0.1, -0.05) is 6.92 Å². The summed E-state index contributed by atoms with van der Waals surface area (Å²) in [6, 6.07) is -1.98. The van der Waals surface area contributed by atoms with Gasteiger partial charge in [0.05, 0.1) is 5.92 Å². The van der Waals surface area contributed by atoms with Crippen LogP contribution in [0.1, 0.15) is 91.9 Å². The lowest BCUT2D eigenvalue weighted by molar-refractivity contribution is -0.199. The molecule has 0 aromatic heterocycles. The lowest BCUT2D eigenvalue weighted by Gasteiger charge is -2.42. The predicted molar refractivity (Wildman–Crippen MR) is 138 cm³/mol. The van der Waals surface area contributed by atoms with Gasteiger partial charge in [0.2, 0.25) is 11.8 Å². The van der Waals surface area contributed by atoms with Crippen molar-refractivity contribution >= 4 is 17.9 Å². The number of hydrogen-bond acceptors (Lipinski definition) is 5. The molecule has 3 heterocycles. The molecule has 2 saturated carbocycles. The molecule has 2 N–H and O–H groups in total. The van der Waals surface area contributed by atoms with Gasteiger partial charge in [-0.05, 0) is 90.9 Å². The zero-order valence-electron chi connectivity index (χ0n) is 23.5. The number of alkyl halides is 3. The van der Waals surface area contributed by atoms with Crippen LogP contribution in [0.15, 0.2) is 0 Å². The van der Waals surface area contributed by atoms with Crippen molar-refractivity contribution in [1.29, 1.82) is 0 Å². The highest BCUT2D eigenvalue weighted by atomic mass is 19.4. The molecule has 0 unspecified atom stereocenters. The molecular formula is C28H43F3N4O4. The average molecular weight is 557 g/mol. The van der Waals surface area contributed by atoms with Crippen LogP contribution in [0.4, 0.5) is 18.0 Å². The number of amides is 3. The highest BCUT2D eigenvalue weighted by Crippen LogP contribution is 2.52. The Hall–Kier alpha value is -2.04. The molecule has 0 radical (unpaired) electrons. The summed E-state index contributed by atoms with van der Waals surface area (Å²) in [6.07, 6.45) is 0.915. The number of rotatable bonds is 4. The first-order valence-electron chi connectivity index (χ1n) is 14.6. The largest absolute Gasteiger partial charge is 0.444 e. The average Bonchev–Trinajstić information content (AvgIpc) is 3.29. The number of hydrogen-bond donors (Lipinski definition) is 2. The Morgan fingerprint density at radius 2 is 1.69 bits per heavy atom. The maximum atomic E-state index is 13.9. The van der Waals surface area contributed by atoms with Crippen LogP contribution in [0.5, 0.6) is 0 Å². The molecule has 39 heavy (non-hydrogen) atoms. The Morgan fingerprint density at radius 1 is 1.00 bits per heavy atom. The van der Waals surface area contributed by atoms with Gasteiger partial charge >= 0.3 is 12.3 Å². The lowest BCUT2D eigenvalue weighted by atomic mass is 9.79. The minimum atomic E-state index is -4.17. The molecule has 0 aromatic rings. The van der Waals surface area contributed by atoms with E-state index in [1.54, 1.807) is 25.7 Å². The minimum absolute atomic E-state index is 0.000752. The molecule has 8 nitrogen and oxygen atoms in total. The first kappa shape index (κ1) is 28.5. The molecule has 5 atom stereocenters. The molecule has 5 rings (SSSR count). The fourth-order valence-corrected chi connectivity index (χ4v) is 7.35. The number of fused-ring (bicyclic) bond motifs is 1. The van der Waals surface area contributed by atoms with Gasteiger partial charge in [0, 0.05) is 30.2 Å². The van der Waals surface area contributed by atoms with Gasteiger partial charge in [-0.25, -0.2) is 4.79 Å². The quantitative estimate of drug-likeness (QED) is 0.544. The molecule has 1 spiro atoms. The van der Waals surface area contributed by atoms with Crippen molar-refractivity contribution in [1.82, 2.24) is 20.4 Å². The van der Waals surface area contributed by atoms with Crippen molar-refractivity contribution in [2.45, 2.75) is 139 Å². The highest BCUT2D eigenvalue weighted by molar-refractivity contribution is 5.92. The predicted octanol–water partition coefficient (Wildman–Crippen LogP) is 4.12. The van der Waals surface area contributed by atoms with Crippen molar-refractivity contribution in [2.24, 2.45) is 11.8 Å². The van der Waals surface area contributed by atoms with Crippen molar-refractivity contribution in [2.75, 3.05) is 6.54 Å². The summed E-state index contributed by atoms with van der Waals surface area (Å²) in [5, 5.41) is 6.16. The van der Waals surface area contributed by atoms with Crippen LogP contribution in [-0.2, 0) is 14.3 Å². The van der Waals surface area contributed by atoms with E-state index >= 15 is 0 Å². The third kappa shape index (κ3) is 6.03. The van der Waals surface area contributed by atoms with E-state index in [-0.39, 0.29) is 48.3 Å². The number of nitrogens with one attached hydrogen (secondary N) is 2. The lowest BCUT2D eigenvalue weighted by Crippen LogP contribution is -2.60. The van der Waals surface area contributed by atoms with Crippen molar-refractivity contribution in [3.63, 3.8) is 0 Å². The molecule has 3 amide bonds. The molecule has 5 fully saturated rings. The van der Waals surface area contributed by atoms with E-state index in [1.807, 2.05) is 4.90 Å². The normalized spacial score (nSPS) is 36.2. The van der Waals surface area contributed by atoms with Crippen LogP contribution < -0.4 is 10.6 Å². The van der Waals surface area contributed by atoms with Crippen LogP contribution >= 0.6 is 0 Å². The second kappa shape index (κ2) is 10.1. The van der Waals surface area contributed by atoms with Gasteiger partial charge in [-0.2, -0.15) is 13.2 Å². The zero-order valence-corrected chi connectivity index (χ0v) is 23.5. The number of halogens is 3. The van der Waals surface area contributed by atoms with Gasteiger partial charge < -0.3 is 25.2 Å². The van der Waals surface area contributed by atoms with Gasteiger partial charge in [0.1, 0.15) is 17.7 Å². The van der Waals surface area contributed by atoms with Crippen LogP contribution in [0.25, 0.3) is 0 Å². The first-order chi connectivity index (χ1) is 18.1. The third-order valence-electron chi connectivity index (χ3n) is 9.35. The number of likely N-dealkylation sites (tertiary alicyclic amines) is 1. The molecule has 3 aliphatic heterocycles. The number of carbonyl (C=O) groups excluding carboxylic acids is 3. The Kier molecular flexibility index (Phi) is 7.38. The van der Waals surface area contributed by atoms with E-state index in [1.165, 1.54) is 0 Å². The Balaban J connectivity index is 1.33. The van der Waals surface area contributed by atoms with Crippen LogP contribution in [0.3, 0.4) is 0 Å². The van der Waals surface area contributed by atoms with Gasteiger partial charge in [0.15, 0.2) is 0 Å². The molecular weight excluding hydrogens is 513 g/mol. The second-order valence-corrected chi connectivity index (χ2v) is 13.8. The van der Waals surface area contributed by atoms with E-state index in [0.717, 1.165) is 19.3 Å². The topological polar surface area (TPSA) is 91.0 Å². The van der Waals surface area contributed by atoms with Crippen molar-refractivity contribution < 1.29 is 32.3 Å². The van der Waals surface area contributed by atoms with E-state index in [9.17, 15) is 27.6 Å². The number of ether oxygens (including phenoxy) is 1. The molecule has 11 heteroatoms. The monoisotopic (exact) mass is 556 g/mol. The van der Waals surface area contributed by atoms with Gasteiger partial charge in [-0.3, -0.25) is 9.59 Å². The Morgan fingerprint density at radius 3 is 2.31 bits per heavy atom. The van der Waals surface area contributed by atoms with E-state index in [0.29, 0.717) is 44.6 Å². The highest BCUT2D eigenvalue weighted by Gasteiger charge is 2.58. The molecule has 220 valence electrons. The first-order valence-corrected chi connectivity index (χ1v) is 14.6. The summed E-state index contributed by atoms with van der Waals surface area (Å²) in [4.78, 5) is 44.2.